The van der Waals surface area contributed by atoms with E-state index < -0.39 is 4.92 Å². The fraction of sp³-hybridized carbons (Fsp3) is 0.0556. The number of benzene rings is 2. The molecule has 0 bridgehead atoms. The first-order chi connectivity index (χ1) is 11.6. The molecule has 0 radical (unpaired) electrons. The van der Waals surface area contributed by atoms with Crippen molar-refractivity contribution < 1.29 is 10.1 Å². The van der Waals surface area contributed by atoms with Crippen molar-refractivity contribution in [3.63, 3.8) is 0 Å². The predicted molar refractivity (Wildman–Crippen MR) is 95.1 cm³/mol. The summed E-state index contributed by atoms with van der Waals surface area (Å²) in [6, 6.07) is 15.6. The molecule has 0 unspecified atom stereocenters. The molecule has 2 aromatic carbocycles. The number of imidazole rings is 1. The second-order valence-electron chi connectivity index (χ2n) is 5.32. The van der Waals surface area contributed by atoms with E-state index in [1.807, 2.05) is 53.4 Å². The van der Waals surface area contributed by atoms with E-state index in [-0.39, 0.29) is 13.1 Å². The Morgan fingerprint density at radius 1 is 1.04 bits per heavy atom. The first-order valence-electron chi connectivity index (χ1n) is 7.23. The summed E-state index contributed by atoms with van der Waals surface area (Å²) < 4.78 is 2.83. The molecule has 0 saturated carbocycles. The predicted octanol–water partition coefficient (Wildman–Crippen LogP) is 4.28. The van der Waals surface area contributed by atoms with E-state index in [0.717, 1.165) is 10.4 Å². The third-order valence-corrected chi connectivity index (χ3v) is 3.83. The Bertz CT molecular complexity index is 1050. The van der Waals surface area contributed by atoms with Gasteiger partial charge < -0.3 is 9.77 Å². The molecule has 0 atom stereocenters. The van der Waals surface area contributed by atoms with Gasteiger partial charge in [-0.1, -0.05) is 19.6 Å². The molecule has 7 nitrogen and oxygen atoms in total. The second kappa shape index (κ2) is 6.12. The lowest BCUT2D eigenvalue weighted by Crippen LogP contribution is -1.96. The Morgan fingerprint density at radius 3 is 2.52 bits per heavy atom. The van der Waals surface area contributed by atoms with Crippen LogP contribution in [-0.2, 0) is 0 Å². The van der Waals surface area contributed by atoms with Crippen LogP contribution in [0.1, 0.15) is 7.43 Å². The van der Waals surface area contributed by atoms with Crippen molar-refractivity contribution in [1.29, 1.82) is 0 Å². The van der Waals surface area contributed by atoms with Crippen LogP contribution in [-0.4, -0.2) is 24.4 Å². The van der Waals surface area contributed by atoms with E-state index in [1.165, 1.54) is 18.2 Å². The van der Waals surface area contributed by atoms with E-state index in [1.54, 1.807) is 0 Å². The Kier molecular flexibility index (Phi) is 3.98. The molecule has 0 aliphatic heterocycles. The number of non-ortho nitro benzene ring substituents is 1. The van der Waals surface area contributed by atoms with Gasteiger partial charge in [0.15, 0.2) is 5.82 Å². The Morgan fingerprint density at radius 2 is 1.80 bits per heavy atom. The van der Waals surface area contributed by atoms with Crippen molar-refractivity contribution in [2.45, 2.75) is 7.43 Å². The number of nitro groups is 1. The highest BCUT2D eigenvalue weighted by atomic mass is 16.6. The van der Waals surface area contributed by atoms with Crippen molar-refractivity contribution >= 4 is 16.7 Å². The van der Waals surface area contributed by atoms with Crippen molar-refractivity contribution in [1.82, 2.24) is 14.3 Å². The van der Waals surface area contributed by atoms with Gasteiger partial charge in [0.25, 0.3) is 5.69 Å². The molecular weight excluding hydrogens is 320 g/mol. The van der Waals surface area contributed by atoms with Gasteiger partial charge >= 0.3 is 0 Å². The quantitative estimate of drug-likeness (QED) is 0.344. The number of hydrogen-bond donors (Lipinski definition) is 1. The van der Waals surface area contributed by atoms with Crippen LogP contribution in [0.3, 0.4) is 0 Å². The molecular formula is C18H16N4O3. The Hall–Kier alpha value is -3.61. The molecule has 4 rings (SSSR count). The smallest absolute Gasteiger partial charge is 0.271 e. The first kappa shape index (κ1) is 16.3. The van der Waals surface area contributed by atoms with Crippen LogP contribution in [0.25, 0.3) is 28.1 Å². The van der Waals surface area contributed by atoms with Gasteiger partial charge in [0.2, 0.25) is 0 Å². The van der Waals surface area contributed by atoms with E-state index in [2.05, 4.69) is 4.98 Å². The van der Waals surface area contributed by atoms with E-state index in [4.69, 9.17) is 0 Å². The van der Waals surface area contributed by atoms with Crippen molar-refractivity contribution in [2.75, 3.05) is 0 Å². The minimum Gasteiger partial charge on any atom is -0.426 e. The van der Waals surface area contributed by atoms with Crippen LogP contribution in [0.5, 0.6) is 0 Å². The molecule has 0 spiro atoms. The van der Waals surface area contributed by atoms with Crippen LogP contribution in [0.4, 0.5) is 5.69 Å². The molecule has 4 aromatic rings. The highest BCUT2D eigenvalue weighted by Gasteiger charge is 2.16. The molecule has 7 heteroatoms. The third kappa shape index (κ3) is 2.72. The molecule has 1 N–H and O–H groups in total. The number of rotatable bonds is 3. The highest BCUT2D eigenvalue weighted by molar-refractivity contribution is 5.82. The van der Waals surface area contributed by atoms with Gasteiger partial charge in [-0.05, 0) is 30.3 Å². The molecule has 2 heterocycles. The van der Waals surface area contributed by atoms with E-state index >= 15 is 0 Å². The van der Waals surface area contributed by atoms with Crippen LogP contribution in [0.15, 0.2) is 67.0 Å². The molecule has 0 amide bonds. The van der Waals surface area contributed by atoms with Crippen molar-refractivity contribution in [3.8, 4) is 17.1 Å². The lowest BCUT2D eigenvalue weighted by atomic mass is 10.2. The summed E-state index contributed by atoms with van der Waals surface area (Å²) in [5, 5.41) is 21.3. The molecule has 0 fully saturated rings. The van der Waals surface area contributed by atoms with Gasteiger partial charge in [-0.2, -0.15) is 4.73 Å². The van der Waals surface area contributed by atoms with Crippen molar-refractivity contribution in [2.24, 2.45) is 0 Å². The fourth-order valence-corrected chi connectivity index (χ4v) is 2.66. The topological polar surface area (TPSA) is 86.1 Å². The number of aromatic nitrogens is 3. The largest absolute Gasteiger partial charge is 0.426 e. The van der Waals surface area contributed by atoms with Gasteiger partial charge in [-0.15, -0.1) is 0 Å². The summed E-state index contributed by atoms with van der Waals surface area (Å²) in [6.45, 7) is 0. The maximum Gasteiger partial charge on any atom is 0.271 e. The minimum absolute atomic E-state index is 0. The van der Waals surface area contributed by atoms with Gasteiger partial charge in [0.05, 0.1) is 10.4 Å². The van der Waals surface area contributed by atoms with Gasteiger partial charge in [0.1, 0.15) is 5.52 Å². The van der Waals surface area contributed by atoms with Crippen LogP contribution >= 0.6 is 0 Å². The molecule has 126 valence electrons. The summed E-state index contributed by atoms with van der Waals surface area (Å²) in [5.41, 5.74) is 2.33. The first-order valence-corrected chi connectivity index (χ1v) is 7.23. The van der Waals surface area contributed by atoms with Crippen LogP contribution in [0.2, 0.25) is 0 Å². The minimum atomic E-state index is -0.501. The molecule has 0 aliphatic rings. The van der Waals surface area contributed by atoms with Gasteiger partial charge in [0, 0.05) is 35.8 Å². The van der Waals surface area contributed by atoms with Crippen LogP contribution in [0, 0.1) is 10.1 Å². The lowest BCUT2D eigenvalue weighted by molar-refractivity contribution is -0.384. The summed E-state index contributed by atoms with van der Waals surface area (Å²) >= 11 is 0. The number of hydrogen-bond acceptors (Lipinski definition) is 4. The third-order valence-electron chi connectivity index (χ3n) is 3.83. The summed E-state index contributed by atoms with van der Waals surface area (Å²) in [4.78, 5) is 14.8. The summed E-state index contributed by atoms with van der Waals surface area (Å²) in [7, 11) is 0. The van der Waals surface area contributed by atoms with Crippen molar-refractivity contribution in [3.05, 3.63) is 77.1 Å². The second-order valence-corrected chi connectivity index (χ2v) is 5.32. The fourth-order valence-electron chi connectivity index (χ4n) is 2.66. The average Bonchev–Trinajstić information content (AvgIpc) is 3.23. The zero-order valence-electron chi connectivity index (χ0n) is 12.4. The molecule has 0 saturated heterocycles. The molecule has 0 aliphatic carbocycles. The summed E-state index contributed by atoms with van der Waals surface area (Å²) in [6.07, 6.45) is 3.84. The maximum atomic E-state index is 10.9. The van der Waals surface area contributed by atoms with Gasteiger partial charge in [-0.25, -0.2) is 4.98 Å². The zero-order chi connectivity index (χ0) is 16.7. The van der Waals surface area contributed by atoms with E-state index in [0.29, 0.717) is 22.4 Å². The number of nitro benzene ring substituents is 1. The van der Waals surface area contributed by atoms with Gasteiger partial charge in [-0.3, -0.25) is 10.1 Å². The summed E-state index contributed by atoms with van der Waals surface area (Å²) in [5.74, 6) is 0.333. The maximum absolute atomic E-state index is 10.9. The number of fused-ring (bicyclic) bond motifs is 1. The normalized spacial score (nSPS) is 10.6. The highest BCUT2D eigenvalue weighted by Crippen LogP contribution is 2.27. The SMILES string of the molecule is C.O=[N+]([O-])c1ccc2nc(-c3cccc(-n4cccc4)c3)n(O)c2c1. The number of nitrogens with zero attached hydrogens (tertiary/aromatic N) is 4. The monoisotopic (exact) mass is 336 g/mol. The zero-order valence-corrected chi connectivity index (χ0v) is 12.4. The lowest BCUT2D eigenvalue weighted by Gasteiger charge is -2.06. The Balaban J connectivity index is 0.00000182. The molecule has 25 heavy (non-hydrogen) atoms. The van der Waals surface area contributed by atoms with Crippen LogP contribution < -0.4 is 0 Å². The average molecular weight is 336 g/mol. The molecule has 2 aromatic heterocycles. The Labute approximate surface area is 143 Å². The standard InChI is InChI=1S/C17H12N4O3.CH4/c22-20-16-11-14(21(23)24)6-7-15(16)18-17(20)12-4-3-5-13(10-12)19-8-1-2-9-19;/h1-11,22H;1H4. The van der Waals surface area contributed by atoms with E-state index in [9.17, 15) is 15.3 Å².